The molecular formula is C14H23N3S. The van der Waals surface area contributed by atoms with E-state index in [-0.39, 0.29) is 0 Å². The van der Waals surface area contributed by atoms with Gasteiger partial charge in [0.25, 0.3) is 0 Å². The number of hydrogen-bond donors (Lipinski definition) is 1. The first-order valence-corrected chi connectivity index (χ1v) is 7.85. The summed E-state index contributed by atoms with van der Waals surface area (Å²) >= 11 is 2.05. The number of rotatable bonds is 5. The molecule has 0 radical (unpaired) electrons. The largest absolute Gasteiger partial charge is 0.356 e. The van der Waals surface area contributed by atoms with Crippen molar-refractivity contribution >= 4 is 17.6 Å². The fraction of sp³-hybridized carbons (Fsp3) is 0.643. The third kappa shape index (κ3) is 3.18. The molecule has 2 rings (SSSR count). The highest BCUT2D eigenvalue weighted by molar-refractivity contribution is 7.99. The number of anilines is 1. The van der Waals surface area contributed by atoms with Crippen molar-refractivity contribution in [1.82, 2.24) is 10.3 Å². The van der Waals surface area contributed by atoms with Gasteiger partial charge in [0.1, 0.15) is 5.82 Å². The van der Waals surface area contributed by atoms with E-state index in [4.69, 9.17) is 4.98 Å². The third-order valence-corrected chi connectivity index (χ3v) is 4.63. The van der Waals surface area contributed by atoms with E-state index in [2.05, 4.69) is 36.3 Å². The molecule has 0 aromatic carbocycles. The topological polar surface area (TPSA) is 28.2 Å². The Bertz CT molecular complexity index is 389. The summed E-state index contributed by atoms with van der Waals surface area (Å²) in [6.45, 7) is 3.08. The van der Waals surface area contributed by atoms with Crippen molar-refractivity contribution in [2.45, 2.75) is 32.4 Å². The molecule has 1 unspecified atom stereocenters. The maximum Gasteiger partial charge on any atom is 0.129 e. The second-order valence-electron chi connectivity index (χ2n) is 4.84. The maximum absolute atomic E-state index is 4.77. The molecule has 3 nitrogen and oxygen atoms in total. The molecule has 1 aromatic heterocycles. The minimum atomic E-state index is 0.650. The van der Waals surface area contributed by atoms with Gasteiger partial charge in [-0.3, -0.25) is 0 Å². The van der Waals surface area contributed by atoms with E-state index < -0.39 is 0 Å². The average molecular weight is 265 g/mol. The van der Waals surface area contributed by atoms with Crippen LogP contribution in [0.25, 0.3) is 0 Å². The number of nitrogens with zero attached hydrogens (tertiary/aromatic N) is 2. The zero-order valence-corrected chi connectivity index (χ0v) is 12.4. The lowest BCUT2D eigenvalue weighted by atomic mass is 10.1. The third-order valence-electron chi connectivity index (χ3n) is 3.48. The van der Waals surface area contributed by atoms with E-state index in [9.17, 15) is 0 Å². The van der Waals surface area contributed by atoms with E-state index in [1.165, 1.54) is 29.2 Å². The van der Waals surface area contributed by atoms with E-state index in [1.54, 1.807) is 0 Å². The highest BCUT2D eigenvalue weighted by Crippen LogP contribution is 2.25. The summed E-state index contributed by atoms with van der Waals surface area (Å²) in [5.41, 5.74) is 2.52. The van der Waals surface area contributed by atoms with Gasteiger partial charge in [-0.2, -0.15) is 11.8 Å². The van der Waals surface area contributed by atoms with Crippen molar-refractivity contribution in [2.24, 2.45) is 0 Å². The van der Waals surface area contributed by atoms with Crippen molar-refractivity contribution in [3.05, 3.63) is 23.4 Å². The van der Waals surface area contributed by atoms with Crippen LogP contribution in [0, 0.1) is 0 Å². The summed E-state index contributed by atoms with van der Waals surface area (Å²) in [4.78, 5) is 7.13. The summed E-state index contributed by atoms with van der Waals surface area (Å²) in [6.07, 6.45) is 2.28. The molecule has 0 aliphatic carbocycles. The van der Waals surface area contributed by atoms with Gasteiger partial charge in [-0.15, -0.1) is 0 Å². The molecule has 1 aliphatic rings. The van der Waals surface area contributed by atoms with Crippen molar-refractivity contribution in [3.8, 4) is 0 Å². The Labute approximate surface area is 114 Å². The van der Waals surface area contributed by atoms with E-state index >= 15 is 0 Å². The fourth-order valence-electron chi connectivity index (χ4n) is 2.32. The first-order valence-electron chi connectivity index (χ1n) is 6.69. The molecule has 0 amide bonds. The molecule has 18 heavy (non-hydrogen) atoms. The summed E-state index contributed by atoms with van der Waals surface area (Å²) in [5, 5.41) is 3.22. The van der Waals surface area contributed by atoms with E-state index in [0.29, 0.717) is 6.04 Å². The Hall–Kier alpha value is -0.740. The molecule has 1 saturated heterocycles. The number of aromatic nitrogens is 1. The van der Waals surface area contributed by atoms with Gasteiger partial charge in [0.15, 0.2) is 0 Å². The van der Waals surface area contributed by atoms with Crippen LogP contribution in [-0.4, -0.2) is 36.6 Å². The lowest BCUT2D eigenvalue weighted by molar-refractivity contribution is 0.688. The zero-order valence-electron chi connectivity index (χ0n) is 11.6. The normalized spacial score (nSPS) is 19.2. The van der Waals surface area contributed by atoms with Crippen LogP contribution in [0.15, 0.2) is 12.1 Å². The van der Waals surface area contributed by atoms with Gasteiger partial charge < -0.3 is 10.2 Å². The smallest absolute Gasteiger partial charge is 0.129 e. The molecule has 1 aliphatic heterocycles. The second-order valence-corrected chi connectivity index (χ2v) is 5.99. The van der Waals surface area contributed by atoms with Gasteiger partial charge in [0.2, 0.25) is 0 Å². The quantitative estimate of drug-likeness (QED) is 0.884. The van der Waals surface area contributed by atoms with E-state index in [0.717, 1.165) is 18.8 Å². The molecule has 0 saturated carbocycles. The van der Waals surface area contributed by atoms with Crippen LogP contribution in [0.4, 0.5) is 5.82 Å². The monoisotopic (exact) mass is 265 g/mol. The number of aryl methyl sites for hydroxylation is 1. The number of hydrogen-bond acceptors (Lipinski definition) is 4. The van der Waals surface area contributed by atoms with Gasteiger partial charge in [0.05, 0.1) is 0 Å². The highest BCUT2D eigenvalue weighted by atomic mass is 32.2. The van der Waals surface area contributed by atoms with Gasteiger partial charge in [-0.1, -0.05) is 6.92 Å². The lowest BCUT2D eigenvalue weighted by Crippen LogP contribution is -2.32. The molecule has 0 spiro atoms. The average Bonchev–Trinajstić information content (AvgIpc) is 2.91. The predicted octanol–water partition coefficient (Wildman–Crippen LogP) is 2.31. The first-order chi connectivity index (χ1) is 8.74. The van der Waals surface area contributed by atoms with Crippen LogP contribution >= 0.6 is 11.8 Å². The lowest BCUT2D eigenvalue weighted by Gasteiger charge is -2.26. The minimum Gasteiger partial charge on any atom is -0.356 e. The maximum atomic E-state index is 4.77. The van der Waals surface area contributed by atoms with Crippen LogP contribution in [0.3, 0.4) is 0 Å². The molecule has 2 heterocycles. The number of thioether (sulfide) groups is 1. The summed E-state index contributed by atoms with van der Waals surface area (Å²) < 4.78 is 0. The fourth-order valence-corrected chi connectivity index (χ4v) is 3.58. The van der Waals surface area contributed by atoms with E-state index in [1.807, 2.05) is 18.8 Å². The zero-order chi connectivity index (χ0) is 13.0. The SMILES string of the molecule is CCc1cc(CNC)cc(N(C)C2CCSC2)n1. The van der Waals surface area contributed by atoms with Crippen molar-refractivity contribution < 1.29 is 0 Å². The van der Waals surface area contributed by atoms with Crippen LogP contribution in [-0.2, 0) is 13.0 Å². The van der Waals surface area contributed by atoms with Gasteiger partial charge in [-0.25, -0.2) is 4.98 Å². The Balaban J connectivity index is 2.21. The molecule has 1 aromatic rings. The van der Waals surface area contributed by atoms with Crippen LogP contribution in [0.5, 0.6) is 0 Å². The number of pyridine rings is 1. The van der Waals surface area contributed by atoms with Gasteiger partial charge in [-0.05, 0) is 43.3 Å². The predicted molar refractivity (Wildman–Crippen MR) is 80.5 cm³/mol. The van der Waals surface area contributed by atoms with Crippen LogP contribution < -0.4 is 10.2 Å². The highest BCUT2D eigenvalue weighted by Gasteiger charge is 2.21. The summed E-state index contributed by atoms with van der Waals surface area (Å²) in [6, 6.07) is 5.08. The molecule has 1 atom stereocenters. The van der Waals surface area contributed by atoms with Gasteiger partial charge >= 0.3 is 0 Å². The Morgan fingerprint density at radius 1 is 1.50 bits per heavy atom. The standard InChI is InChI=1S/C14H23N3S/c1-4-12-7-11(9-15-2)8-14(16-12)17(3)13-5-6-18-10-13/h7-8,13,15H,4-6,9-10H2,1-3H3. The van der Waals surface area contributed by atoms with Crippen molar-refractivity contribution in [2.75, 3.05) is 30.5 Å². The first kappa shape index (κ1) is 13.7. The molecule has 0 bridgehead atoms. The van der Waals surface area contributed by atoms with Gasteiger partial charge in [0, 0.05) is 31.1 Å². The summed E-state index contributed by atoms with van der Waals surface area (Å²) in [7, 11) is 4.17. The molecule has 4 heteroatoms. The van der Waals surface area contributed by atoms with Crippen molar-refractivity contribution in [3.63, 3.8) is 0 Å². The second kappa shape index (κ2) is 6.43. The van der Waals surface area contributed by atoms with Crippen LogP contribution in [0.1, 0.15) is 24.6 Å². The Kier molecular flexibility index (Phi) is 4.89. The Morgan fingerprint density at radius 2 is 2.33 bits per heavy atom. The number of nitrogens with one attached hydrogen (secondary N) is 1. The minimum absolute atomic E-state index is 0.650. The molecule has 1 N–H and O–H groups in total. The van der Waals surface area contributed by atoms with Crippen molar-refractivity contribution in [1.29, 1.82) is 0 Å². The van der Waals surface area contributed by atoms with Crippen LogP contribution in [0.2, 0.25) is 0 Å². The molecular weight excluding hydrogens is 242 g/mol. The molecule has 1 fully saturated rings. The summed E-state index contributed by atoms with van der Waals surface area (Å²) in [5.74, 6) is 3.65. The molecule has 100 valence electrons. The Morgan fingerprint density at radius 3 is 2.94 bits per heavy atom.